The standard InChI is InChI=1S/C9H8F2O3/c1-13-5-8(12)14-7-4-2-3-6(10)9(7)11/h2-4H,5H2,1H3. The van der Waals surface area contributed by atoms with Gasteiger partial charge in [0, 0.05) is 7.11 Å². The van der Waals surface area contributed by atoms with Crippen molar-refractivity contribution < 1.29 is 23.0 Å². The average molecular weight is 202 g/mol. The molecule has 0 aliphatic carbocycles. The van der Waals surface area contributed by atoms with Gasteiger partial charge in [0.2, 0.25) is 5.82 Å². The van der Waals surface area contributed by atoms with Gasteiger partial charge in [0.05, 0.1) is 0 Å². The number of carbonyl (C=O) groups is 1. The van der Waals surface area contributed by atoms with Crippen molar-refractivity contribution in [2.24, 2.45) is 0 Å². The van der Waals surface area contributed by atoms with Gasteiger partial charge in [-0.25, -0.2) is 9.18 Å². The summed E-state index contributed by atoms with van der Waals surface area (Å²) in [5.74, 6) is -3.46. The van der Waals surface area contributed by atoms with Gasteiger partial charge < -0.3 is 9.47 Å². The highest BCUT2D eigenvalue weighted by Crippen LogP contribution is 2.18. The Balaban J connectivity index is 2.76. The summed E-state index contributed by atoms with van der Waals surface area (Å²) in [5.41, 5.74) is 0. The second-order valence-corrected chi connectivity index (χ2v) is 2.46. The number of ether oxygens (including phenoxy) is 2. The van der Waals surface area contributed by atoms with Gasteiger partial charge in [-0.15, -0.1) is 0 Å². The molecule has 76 valence electrons. The summed E-state index contributed by atoms with van der Waals surface area (Å²) >= 11 is 0. The average Bonchev–Trinajstić information content (AvgIpc) is 2.13. The molecule has 0 saturated heterocycles. The smallest absolute Gasteiger partial charge is 0.337 e. The van der Waals surface area contributed by atoms with Crippen LogP contribution in [0.3, 0.4) is 0 Å². The third kappa shape index (κ3) is 2.50. The maximum atomic E-state index is 12.9. The molecule has 5 heteroatoms. The molecule has 0 aromatic heterocycles. The number of hydrogen-bond donors (Lipinski definition) is 0. The monoisotopic (exact) mass is 202 g/mol. The zero-order chi connectivity index (χ0) is 10.6. The van der Waals surface area contributed by atoms with Crippen molar-refractivity contribution in [3.8, 4) is 5.75 Å². The third-order valence-corrected chi connectivity index (χ3v) is 1.40. The molecule has 0 aliphatic heterocycles. The Morgan fingerprint density at radius 3 is 2.79 bits per heavy atom. The molecule has 0 fully saturated rings. The Hall–Kier alpha value is -1.49. The summed E-state index contributed by atoms with van der Waals surface area (Å²) in [4.78, 5) is 10.8. The Morgan fingerprint density at radius 2 is 2.14 bits per heavy atom. The van der Waals surface area contributed by atoms with E-state index in [1.54, 1.807) is 0 Å². The number of methoxy groups -OCH3 is 1. The minimum absolute atomic E-state index is 0.310. The van der Waals surface area contributed by atoms with Gasteiger partial charge in [-0.1, -0.05) is 6.07 Å². The summed E-state index contributed by atoms with van der Waals surface area (Å²) < 4.78 is 34.5. The normalized spacial score (nSPS) is 9.93. The predicted octanol–water partition coefficient (Wildman–Crippen LogP) is 1.52. The SMILES string of the molecule is COCC(=O)Oc1cccc(F)c1F. The van der Waals surface area contributed by atoms with Gasteiger partial charge in [0.15, 0.2) is 11.6 Å². The second-order valence-electron chi connectivity index (χ2n) is 2.46. The Kier molecular flexibility index (Phi) is 3.53. The number of halogens is 2. The molecule has 0 heterocycles. The van der Waals surface area contributed by atoms with Crippen LogP contribution < -0.4 is 4.74 Å². The van der Waals surface area contributed by atoms with E-state index in [0.29, 0.717) is 0 Å². The molecule has 3 nitrogen and oxygen atoms in total. The lowest BCUT2D eigenvalue weighted by Crippen LogP contribution is -2.15. The number of carbonyl (C=O) groups excluding carboxylic acids is 1. The summed E-state index contributed by atoms with van der Waals surface area (Å²) in [5, 5.41) is 0. The number of esters is 1. The van der Waals surface area contributed by atoms with Crippen LogP contribution in [0, 0.1) is 11.6 Å². The lowest BCUT2D eigenvalue weighted by Gasteiger charge is -2.04. The summed E-state index contributed by atoms with van der Waals surface area (Å²) in [7, 11) is 1.29. The predicted molar refractivity (Wildman–Crippen MR) is 43.9 cm³/mol. The minimum Gasteiger partial charge on any atom is -0.422 e. The van der Waals surface area contributed by atoms with Crippen molar-refractivity contribution in [3.63, 3.8) is 0 Å². The van der Waals surface area contributed by atoms with Crippen LogP contribution in [0.15, 0.2) is 18.2 Å². The molecule has 14 heavy (non-hydrogen) atoms. The summed E-state index contributed by atoms with van der Waals surface area (Å²) in [6.07, 6.45) is 0. The molecule has 0 aliphatic rings. The molecule has 1 aromatic rings. The molecule has 1 aromatic carbocycles. The lowest BCUT2D eigenvalue weighted by molar-refractivity contribution is -0.138. The van der Waals surface area contributed by atoms with E-state index in [9.17, 15) is 13.6 Å². The van der Waals surface area contributed by atoms with Gasteiger partial charge >= 0.3 is 5.97 Å². The fraction of sp³-hybridized carbons (Fsp3) is 0.222. The zero-order valence-electron chi connectivity index (χ0n) is 7.42. The van der Waals surface area contributed by atoms with Crippen molar-refractivity contribution in [1.82, 2.24) is 0 Å². The molecule has 0 atom stereocenters. The van der Waals surface area contributed by atoms with Gasteiger partial charge in [0.1, 0.15) is 6.61 Å². The Bertz CT molecular complexity index is 339. The second kappa shape index (κ2) is 4.66. The number of hydrogen-bond acceptors (Lipinski definition) is 3. The third-order valence-electron chi connectivity index (χ3n) is 1.40. The van der Waals surface area contributed by atoms with Crippen LogP contribution >= 0.6 is 0 Å². The van der Waals surface area contributed by atoms with Crippen LogP contribution in [0.2, 0.25) is 0 Å². The first kappa shape index (κ1) is 10.6. The van der Waals surface area contributed by atoms with E-state index in [-0.39, 0.29) is 6.61 Å². The van der Waals surface area contributed by atoms with Crippen LogP contribution in [0.25, 0.3) is 0 Å². The van der Waals surface area contributed by atoms with Crippen molar-refractivity contribution >= 4 is 5.97 Å². The van der Waals surface area contributed by atoms with Crippen LogP contribution in [0.5, 0.6) is 5.75 Å². The lowest BCUT2D eigenvalue weighted by atomic mass is 10.3. The van der Waals surface area contributed by atoms with E-state index in [2.05, 4.69) is 9.47 Å². The van der Waals surface area contributed by atoms with Crippen LogP contribution in [0.1, 0.15) is 0 Å². The van der Waals surface area contributed by atoms with E-state index in [0.717, 1.165) is 12.1 Å². The maximum absolute atomic E-state index is 12.9. The van der Waals surface area contributed by atoms with Gasteiger partial charge in [-0.05, 0) is 12.1 Å². The fourth-order valence-electron chi connectivity index (χ4n) is 0.833. The van der Waals surface area contributed by atoms with Crippen LogP contribution in [-0.4, -0.2) is 19.7 Å². The van der Waals surface area contributed by atoms with E-state index < -0.39 is 23.4 Å². The molecule has 1 rings (SSSR count). The van der Waals surface area contributed by atoms with Crippen molar-refractivity contribution in [3.05, 3.63) is 29.8 Å². The van der Waals surface area contributed by atoms with Crippen LogP contribution in [0.4, 0.5) is 8.78 Å². The fourth-order valence-corrected chi connectivity index (χ4v) is 0.833. The van der Waals surface area contributed by atoms with Crippen molar-refractivity contribution in [1.29, 1.82) is 0 Å². The molecule has 0 unspecified atom stereocenters. The van der Waals surface area contributed by atoms with Crippen molar-refractivity contribution in [2.45, 2.75) is 0 Å². The largest absolute Gasteiger partial charge is 0.422 e. The molecular formula is C9H8F2O3. The van der Waals surface area contributed by atoms with Crippen LogP contribution in [-0.2, 0) is 9.53 Å². The minimum atomic E-state index is -1.18. The highest BCUT2D eigenvalue weighted by Gasteiger charge is 2.12. The number of rotatable bonds is 3. The first-order valence-electron chi connectivity index (χ1n) is 3.78. The molecule has 0 spiro atoms. The summed E-state index contributed by atoms with van der Waals surface area (Å²) in [6.45, 7) is -0.310. The molecule has 0 bridgehead atoms. The van der Waals surface area contributed by atoms with E-state index in [1.807, 2.05) is 0 Å². The highest BCUT2D eigenvalue weighted by atomic mass is 19.2. The molecular weight excluding hydrogens is 194 g/mol. The zero-order valence-corrected chi connectivity index (χ0v) is 7.42. The van der Waals surface area contributed by atoms with Gasteiger partial charge in [-0.3, -0.25) is 0 Å². The van der Waals surface area contributed by atoms with E-state index >= 15 is 0 Å². The van der Waals surface area contributed by atoms with Crippen molar-refractivity contribution in [2.75, 3.05) is 13.7 Å². The van der Waals surface area contributed by atoms with Gasteiger partial charge in [-0.2, -0.15) is 4.39 Å². The van der Waals surface area contributed by atoms with E-state index in [4.69, 9.17) is 0 Å². The molecule has 0 N–H and O–H groups in total. The molecule has 0 amide bonds. The summed E-state index contributed by atoms with van der Waals surface area (Å²) in [6, 6.07) is 3.34. The van der Waals surface area contributed by atoms with Gasteiger partial charge in [0.25, 0.3) is 0 Å². The quantitative estimate of drug-likeness (QED) is 0.550. The topological polar surface area (TPSA) is 35.5 Å². The first-order valence-corrected chi connectivity index (χ1v) is 3.78. The first-order chi connectivity index (χ1) is 6.65. The van der Waals surface area contributed by atoms with E-state index in [1.165, 1.54) is 13.2 Å². The Morgan fingerprint density at radius 1 is 1.43 bits per heavy atom. The maximum Gasteiger partial charge on any atom is 0.337 e. The molecule has 0 radical (unpaired) electrons. The highest BCUT2D eigenvalue weighted by molar-refractivity contribution is 5.73. The number of benzene rings is 1. The Labute approximate surface area is 79.2 Å². The molecule has 0 saturated carbocycles.